The summed E-state index contributed by atoms with van der Waals surface area (Å²) in [5, 5.41) is 3.23. The first kappa shape index (κ1) is 12.2. The Morgan fingerprint density at radius 2 is 2.12 bits per heavy atom. The highest BCUT2D eigenvalue weighted by molar-refractivity contribution is 9.10. The molecule has 4 nitrogen and oxygen atoms in total. The molecule has 2 aromatic rings. The van der Waals surface area contributed by atoms with Crippen molar-refractivity contribution in [3.05, 3.63) is 34.9 Å². The maximum atomic E-state index is 5.56. The van der Waals surface area contributed by atoms with Crippen LogP contribution in [0.5, 0.6) is 0 Å². The van der Waals surface area contributed by atoms with Gasteiger partial charge in [-0.2, -0.15) is 4.98 Å². The Morgan fingerprint density at radius 3 is 2.88 bits per heavy atom. The molecule has 0 atom stereocenters. The minimum atomic E-state index is 0.248. The summed E-state index contributed by atoms with van der Waals surface area (Å²) in [5.74, 6) is 0.913. The standard InChI is InChI=1S/C11H11BrN4S/c1-17-9-5-3-2-4-8(9)15-10-7(12)6-14-11(13)16-10/h2-6H,1H3,(H3,13,14,15,16). The fourth-order valence-corrected chi connectivity index (χ4v) is 2.19. The number of nitrogen functional groups attached to an aromatic ring is 1. The molecule has 0 fully saturated rings. The number of nitrogens with two attached hydrogens (primary N) is 1. The molecule has 0 spiro atoms. The topological polar surface area (TPSA) is 63.8 Å². The average molecular weight is 311 g/mol. The van der Waals surface area contributed by atoms with E-state index in [2.05, 4.69) is 31.2 Å². The summed E-state index contributed by atoms with van der Waals surface area (Å²) in [7, 11) is 0. The van der Waals surface area contributed by atoms with Gasteiger partial charge in [-0.15, -0.1) is 11.8 Å². The van der Waals surface area contributed by atoms with Crippen molar-refractivity contribution in [1.82, 2.24) is 9.97 Å². The van der Waals surface area contributed by atoms with Crippen molar-refractivity contribution in [2.75, 3.05) is 17.3 Å². The molecule has 1 heterocycles. The predicted octanol–water partition coefficient (Wildman–Crippen LogP) is 3.29. The lowest BCUT2D eigenvalue weighted by atomic mass is 10.3. The number of rotatable bonds is 3. The van der Waals surface area contributed by atoms with Crippen LogP contribution in [0.4, 0.5) is 17.5 Å². The van der Waals surface area contributed by atoms with Crippen molar-refractivity contribution < 1.29 is 0 Å². The highest BCUT2D eigenvalue weighted by atomic mass is 79.9. The molecular weight excluding hydrogens is 300 g/mol. The quantitative estimate of drug-likeness (QED) is 0.852. The maximum Gasteiger partial charge on any atom is 0.222 e. The van der Waals surface area contributed by atoms with E-state index in [0.29, 0.717) is 5.82 Å². The molecule has 88 valence electrons. The van der Waals surface area contributed by atoms with E-state index < -0.39 is 0 Å². The number of benzene rings is 1. The van der Waals surface area contributed by atoms with Crippen LogP contribution in [-0.2, 0) is 0 Å². The van der Waals surface area contributed by atoms with Gasteiger partial charge in [0.2, 0.25) is 5.95 Å². The molecule has 0 saturated carbocycles. The molecule has 1 aromatic carbocycles. The summed E-state index contributed by atoms with van der Waals surface area (Å²) in [6.45, 7) is 0. The number of hydrogen-bond acceptors (Lipinski definition) is 5. The zero-order valence-electron chi connectivity index (χ0n) is 9.14. The number of anilines is 3. The van der Waals surface area contributed by atoms with E-state index in [4.69, 9.17) is 5.73 Å². The van der Waals surface area contributed by atoms with Crippen LogP contribution in [0.2, 0.25) is 0 Å². The van der Waals surface area contributed by atoms with Crippen molar-refractivity contribution in [2.45, 2.75) is 4.90 Å². The lowest BCUT2D eigenvalue weighted by molar-refractivity contribution is 1.16. The summed E-state index contributed by atoms with van der Waals surface area (Å²) in [4.78, 5) is 9.19. The summed E-state index contributed by atoms with van der Waals surface area (Å²) >= 11 is 5.06. The number of thioether (sulfide) groups is 1. The molecule has 3 N–H and O–H groups in total. The molecule has 0 radical (unpaired) electrons. The van der Waals surface area contributed by atoms with Crippen LogP contribution in [0.3, 0.4) is 0 Å². The lowest BCUT2D eigenvalue weighted by Gasteiger charge is -2.10. The largest absolute Gasteiger partial charge is 0.368 e. The third-order valence-corrected chi connectivity index (χ3v) is 3.50. The van der Waals surface area contributed by atoms with Gasteiger partial charge >= 0.3 is 0 Å². The minimum absolute atomic E-state index is 0.248. The van der Waals surface area contributed by atoms with Gasteiger partial charge in [0.1, 0.15) is 5.82 Å². The van der Waals surface area contributed by atoms with Crippen molar-refractivity contribution in [2.24, 2.45) is 0 Å². The minimum Gasteiger partial charge on any atom is -0.368 e. The summed E-state index contributed by atoms with van der Waals surface area (Å²) < 4.78 is 0.780. The van der Waals surface area contributed by atoms with Gasteiger partial charge in [-0.05, 0) is 34.3 Å². The second-order valence-electron chi connectivity index (χ2n) is 3.25. The molecule has 0 aliphatic rings. The van der Waals surface area contributed by atoms with Gasteiger partial charge in [0.25, 0.3) is 0 Å². The zero-order valence-corrected chi connectivity index (χ0v) is 11.5. The molecule has 17 heavy (non-hydrogen) atoms. The van der Waals surface area contributed by atoms with E-state index in [1.807, 2.05) is 30.5 Å². The highest BCUT2D eigenvalue weighted by Gasteiger charge is 2.06. The second kappa shape index (κ2) is 5.37. The summed E-state index contributed by atoms with van der Waals surface area (Å²) in [5.41, 5.74) is 6.56. The van der Waals surface area contributed by atoms with Gasteiger partial charge in [-0.3, -0.25) is 0 Å². The van der Waals surface area contributed by atoms with E-state index >= 15 is 0 Å². The molecule has 0 aliphatic heterocycles. The number of aromatic nitrogens is 2. The zero-order chi connectivity index (χ0) is 12.3. The highest BCUT2D eigenvalue weighted by Crippen LogP contribution is 2.29. The molecule has 0 amide bonds. The Kier molecular flexibility index (Phi) is 3.86. The van der Waals surface area contributed by atoms with Gasteiger partial charge in [0.05, 0.1) is 10.2 Å². The number of para-hydroxylation sites is 1. The monoisotopic (exact) mass is 310 g/mol. The molecular formula is C11H11BrN4S. The first-order valence-electron chi connectivity index (χ1n) is 4.89. The number of halogens is 1. The first-order chi connectivity index (χ1) is 8.20. The molecule has 0 saturated heterocycles. The molecule has 0 aliphatic carbocycles. The van der Waals surface area contributed by atoms with Crippen molar-refractivity contribution in [3.8, 4) is 0 Å². The van der Waals surface area contributed by atoms with Crippen molar-refractivity contribution in [1.29, 1.82) is 0 Å². The Hall–Kier alpha value is -1.27. The second-order valence-corrected chi connectivity index (χ2v) is 4.95. The smallest absolute Gasteiger partial charge is 0.222 e. The van der Waals surface area contributed by atoms with Crippen LogP contribution in [0.25, 0.3) is 0 Å². The van der Waals surface area contributed by atoms with Crippen LogP contribution in [0, 0.1) is 0 Å². The van der Waals surface area contributed by atoms with E-state index in [1.54, 1.807) is 18.0 Å². The van der Waals surface area contributed by atoms with Gasteiger partial charge in [-0.25, -0.2) is 4.98 Å². The van der Waals surface area contributed by atoms with Gasteiger partial charge < -0.3 is 11.1 Å². The predicted molar refractivity (Wildman–Crippen MR) is 75.7 cm³/mol. The lowest BCUT2D eigenvalue weighted by Crippen LogP contribution is -2.01. The molecule has 0 bridgehead atoms. The van der Waals surface area contributed by atoms with Crippen LogP contribution in [-0.4, -0.2) is 16.2 Å². The third-order valence-electron chi connectivity index (χ3n) is 2.12. The van der Waals surface area contributed by atoms with Gasteiger partial charge in [0.15, 0.2) is 0 Å². The summed E-state index contributed by atoms with van der Waals surface area (Å²) in [6, 6.07) is 8.02. The van der Waals surface area contributed by atoms with E-state index in [9.17, 15) is 0 Å². The van der Waals surface area contributed by atoms with Crippen LogP contribution < -0.4 is 11.1 Å². The van der Waals surface area contributed by atoms with E-state index in [-0.39, 0.29) is 5.95 Å². The average Bonchev–Trinajstić information content (AvgIpc) is 2.34. The van der Waals surface area contributed by atoms with Crippen molar-refractivity contribution >= 4 is 45.1 Å². The normalized spacial score (nSPS) is 10.2. The van der Waals surface area contributed by atoms with E-state index in [0.717, 1.165) is 15.1 Å². The van der Waals surface area contributed by atoms with Crippen molar-refractivity contribution in [3.63, 3.8) is 0 Å². The van der Waals surface area contributed by atoms with Gasteiger partial charge in [-0.1, -0.05) is 12.1 Å². The third kappa shape index (κ3) is 2.89. The fourth-order valence-electron chi connectivity index (χ4n) is 1.34. The SMILES string of the molecule is CSc1ccccc1Nc1nc(N)ncc1Br. The van der Waals surface area contributed by atoms with Crippen LogP contribution in [0.1, 0.15) is 0 Å². The maximum absolute atomic E-state index is 5.56. The van der Waals surface area contributed by atoms with Gasteiger partial charge in [0, 0.05) is 11.1 Å². The number of nitrogens with zero attached hydrogens (tertiary/aromatic N) is 2. The Balaban J connectivity index is 2.34. The summed E-state index contributed by atoms with van der Waals surface area (Å²) in [6.07, 6.45) is 3.66. The Labute approximate surface area is 112 Å². The molecule has 1 aromatic heterocycles. The number of nitrogens with one attached hydrogen (secondary N) is 1. The number of hydrogen-bond donors (Lipinski definition) is 2. The molecule has 0 unspecified atom stereocenters. The molecule has 6 heteroatoms. The molecule has 2 rings (SSSR count). The fraction of sp³-hybridized carbons (Fsp3) is 0.0909. The van der Waals surface area contributed by atoms with Crippen LogP contribution >= 0.6 is 27.7 Å². The van der Waals surface area contributed by atoms with E-state index in [1.165, 1.54) is 0 Å². The van der Waals surface area contributed by atoms with Crippen LogP contribution in [0.15, 0.2) is 39.8 Å². The Morgan fingerprint density at radius 1 is 1.35 bits per heavy atom. The first-order valence-corrected chi connectivity index (χ1v) is 6.90. The Bertz CT molecular complexity index is 533.